The van der Waals surface area contributed by atoms with Crippen LogP contribution in [-0.2, 0) is 9.47 Å². The van der Waals surface area contributed by atoms with Gasteiger partial charge in [0.1, 0.15) is 24.0 Å². The van der Waals surface area contributed by atoms with E-state index in [9.17, 15) is 17.6 Å². The molecule has 4 nitrogen and oxygen atoms in total. The van der Waals surface area contributed by atoms with Crippen LogP contribution in [0, 0.1) is 11.6 Å². The highest BCUT2D eigenvalue weighted by Gasteiger charge is 2.35. The maximum atomic E-state index is 13.7. The van der Waals surface area contributed by atoms with Crippen LogP contribution in [0.3, 0.4) is 0 Å². The summed E-state index contributed by atoms with van der Waals surface area (Å²) in [4.78, 5) is 0. The van der Waals surface area contributed by atoms with Crippen molar-refractivity contribution in [2.24, 2.45) is 0 Å². The zero-order valence-electron chi connectivity index (χ0n) is 18.9. The lowest BCUT2D eigenvalue weighted by atomic mass is 9.91. The summed E-state index contributed by atoms with van der Waals surface area (Å²) < 4.78 is 64.9. The molecule has 0 unspecified atom stereocenters. The van der Waals surface area contributed by atoms with E-state index in [-0.39, 0.29) is 49.1 Å². The van der Waals surface area contributed by atoms with Crippen LogP contribution in [0.4, 0.5) is 17.6 Å². The predicted molar refractivity (Wildman–Crippen MR) is 120 cm³/mol. The summed E-state index contributed by atoms with van der Waals surface area (Å²) in [7, 11) is 0. The molecule has 2 aromatic carbocycles. The van der Waals surface area contributed by atoms with Crippen LogP contribution >= 0.6 is 0 Å². The SMILES string of the molecule is Fc1ccc2c(c1)[C@@H](F)CO[C@H]2[C@@H]1CCCN1.Fc1ccc2c(c1)[C@H](F)CO[C@H]2[C@@H]1CCCN1. The molecule has 0 amide bonds. The van der Waals surface area contributed by atoms with E-state index in [2.05, 4.69) is 10.6 Å². The largest absolute Gasteiger partial charge is 0.368 e. The fourth-order valence-electron chi connectivity index (χ4n) is 5.49. The Kier molecular flexibility index (Phi) is 7.20. The van der Waals surface area contributed by atoms with Gasteiger partial charge in [-0.2, -0.15) is 0 Å². The Hall–Kier alpha value is -2.00. The van der Waals surface area contributed by atoms with Crippen LogP contribution in [0.25, 0.3) is 0 Å². The molecule has 2 aromatic rings. The van der Waals surface area contributed by atoms with Crippen molar-refractivity contribution in [3.63, 3.8) is 0 Å². The van der Waals surface area contributed by atoms with Crippen LogP contribution in [0.5, 0.6) is 0 Å². The number of ether oxygens (including phenoxy) is 2. The number of nitrogens with one attached hydrogen (secondary N) is 2. The molecule has 2 saturated heterocycles. The Balaban J connectivity index is 0.000000142. The summed E-state index contributed by atoms with van der Waals surface area (Å²) in [5, 5.41) is 6.71. The second-order valence-corrected chi connectivity index (χ2v) is 9.40. The van der Waals surface area contributed by atoms with Crippen molar-refractivity contribution in [1.82, 2.24) is 10.6 Å². The molecular formula is C26H30F4N2O2. The van der Waals surface area contributed by atoms with E-state index in [1.54, 1.807) is 12.1 Å². The highest BCUT2D eigenvalue weighted by molar-refractivity contribution is 5.35. The summed E-state index contributed by atoms with van der Waals surface area (Å²) in [6, 6.07) is 9.11. The van der Waals surface area contributed by atoms with Crippen molar-refractivity contribution in [3.05, 3.63) is 70.3 Å². The number of hydrogen-bond acceptors (Lipinski definition) is 4. The number of rotatable bonds is 2. The van der Waals surface area contributed by atoms with E-state index in [4.69, 9.17) is 9.47 Å². The molecule has 4 heterocycles. The first-order valence-corrected chi connectivity index (χ1v) is 12.1. The highest BCUT2D eigenvalue weighted by atomic mass is 19.1. The minimum absolute atomic E-state index is 0.0271. The second kappa shape index (κ2) is 10.3. The third kappa shape index (κ3) is 4.87. The number of hydrogen-bond donors (Lipinski definition) is 2. The van der Waals surface area contributed by atoms with Gasteiger partial charge in [-0.05, 0) is 85.3 Å². The number of alkyl halides is 2. The van der Waals surface area contributed by atoms with Gasteiger partial charge >= 0.3 is 0 Å². The van der Waals surface area contributed by atoms with Crippen LogP contribution in [-0.4, -0.2) is 38.4 Å². The molecular weight excluding hydrogens is 448 g/mol. The van der Waals surface area contributed by atoms with Crippen LogP contribution < -0.4 is 10.6 Å². The first-order valence-electron chi connectivity index (χ1n) is 12.1. The highest BCUT2D eigenvalue weighted by Crippen LogP contribution is 2.39. The number of benzene rings is 2. The molecule has 0 saturated carbocycles. The normalized spacial score (nSPS) is 32.5. The van der Waals surface area contributed by atoms with E-state index in [1.165, 1.54) is 24.3 Å². The third-order valence-corrected chi connectivity index (χ3v) is 7.16. The monoisotopic (exact) mass is 478 g/mol. The maximum absolute atomic E-state index is 13.7. The Morgan fingerprint density at radius 2 is 1.09 bits per heavy atom. The average molecular weight is 479 g/mol. The Labute approximate surface area is 197 Å². The van der Waals surface area contributed by atoms with Crippen molar-refractivity contribution < 1.29 is 27.0 Å². The van der Waals surface area contributed by atoms with Crippen molar-refractivity contribution >= 4 is 0 Å². The average Bonchev–Trinajstić information content (AvgIpc) is 3.56. The molecule has 34 heavy (non-hydrogen) atoms. The third-order valence-electron chi connectivity index (χ3n) is 7.16. The Morgan fingerprint density at radius 3 is 1.47 bits per heavy atom. The molecule has 0 aromatic heterocycles. The second-order valence-electron chi connectivity index (χ2n) is 9.40. The predicted octanol–water partition coefficient (Wildman–Crippen LogP) is 5.32. The first kappa shape index (κ1) is 23.7. The van der Waals surface area contributed by atoms with Crippen LogP contribution in [0.15, 0.2) is 36.4 Å². The van der Waals surface area contributed by atoms with E-state index in [0.717, 1.165) is 49.9 Å². The quantitative estimate of drug-likeness (QED) is 0.574. The Morgan fingerprint density at radius 1 is 0.647 bits per heavy atom. The van der Waals surface area contributed by atoms with Gasteiger partial charge in [-0.25, -0.2) is 17.6 Å². The summed E-state index contributed by atoms with van der Waals surface area (Å²) in [5.74, 6) is -0.766. The van der Waals surface area contributed by atoms with Crippen molar-refractivity contribution in [3.8, 4) is 0 Å². The molecule has 0 radical (unpaired) electrons. The number of halogens is 4. The van der Waals surface area contributed by atoms with Gasteiger partial charge in [0.15, 0.2) is 0 Å². The standard InChI is InChI=1S/2C13H15F2NO/c2*14-8-3-4-9-10(6-8)11(15)7-17-13(9)12-2-1-5-16-12/h2*3-4,6,11-13,16H,1-2,5,7H2/t11-,12+,13-;11-,12-,13+/m10/s1. The zero-order valence-corrected chi connectivity index (χ0v) is 18.9. The molecule has 0 spiro atoms. The molecule has 4 aliphatic rings. The molecule has 6 rings (SSSR count). The summed E-state index contributed by atoms with van der Waals surface area (Å²) >= 11 is 0. The summed E-state index contributed by atoms with van der Waals surface area (Å²) in [6.45, 7) is 2.00. The van der Waals surface area contributed by atoms with Gasteiger partial charge in [0.05, 0.1) is 25.4 Å². The van der Waals surface area contributed by atoms with Crippen LogP contribution in [0.1, 0.15) is 72.5 Å². The lowest BCUT2D eigenvalue weighted by Gasteiger charge is -2.32. The van der Waals surface area contributed by atoms with Crippen molar-refractivity contribution in [1.29, 1.82) is 0 Å². The van der Waals surface area contributed by atoms with Gasteiger partial charge in [0.25, 0.3) is 0 Å². The minimum Gasteiger partial charge on any atom is -0.368 e. The molecule has 0 aliphatic carbocycles. The number of fused-ring (bicyclic) bond motifs is 2. The zero-order chi connectivity index (χ0) is 23.7. The van der Waals surface area contributed by atoms with Gasteiger partial charge in [0, 0.05) is 12.1 Å². The molecule has 184 valence electrons. The van der Waals surface area contributed by atoms with Gasteiger partial charge in [-0.3, -0.25) is 0 Å². The van der Waals surface area contributed by atoms with Gasteiger partial charge in [-0.15, -0.1) is 0 Å². The summed E-state index contributed by atoms with van der Waals surface area (Å²) in [5.41, 5.74) is 2.50. The maximum Gasteiger partial charge on any atom is 0.149 e. The van der Waals surface area contributed by atoms with Gasteiger partial charge < -0.3 is 20.1 Å². The van der Waals surface area contributed by atoms with E-state index in [1.807, 2.05) is 0 Å². The fourth-order valence-corrected chi connectivity index (χ4v) is 5.49. The minimum atomic E-state index is -1.21. The van der Waals surface area contributed by atoms with E-state index in [0.29, 0.717) is 11.1 Å². The fraction of sp³-hybridized carbons (Fsp3) is 0.538. The molecule has 2 fully saturated rings. The molecule has 2 N–H and O–H groups in total. The van der Waals surface area contributed by atoms with E-state index >= 15 is 0 Å². The lowest BCUT2D eigenvalue weighted by molar-refractivity contribution is -0.0180. The van der Waals surface area contributed by atoms with Crippen LogP contribution in [0.2, 0.25) is 0 Å². The topological polar surface area (TPSA) is 42.5 Å². The molecule has 0 bridgehead atoms. The smallest absolute Gasteiger partial charge is 0.149 e. The summed E-state index contributed by atoms with van der Waals surface area (Å²) in [6.07, 6.45) is 1.58. The van der Waals surface area contributed by atoms with Crippen molar-refractivity contribution in [2.45, 2.75) is 62.3 Å². The van der Waals surface area contributed by atoms with Gasteiger partial charge in [0.2, 0.25) is 0 Å². The molecule has 8 heteroatoms. The Bertz CT molecular complexity index is 915. The lowest BCUT2D eigenvalue weighted by Crippen LogP contribution is -2.34. The van der Waals surface area contributed by atoms with Crippen molar-refractivity contribution in [2.75, 3.05) is 26.3 Å². The van der Waals surface area contributed by atoms with E-state index < -0.39 is 12.3 Å². The first-order chi connectivity index (χ1) is 16.5. The van der Waals surface area contributed by atoms with Gasteiger partial charge in [-0.1, -0.05) is 12.1 Å². The molecule has 6 atom stereocenters. The molecule has 4 aliphatic heterocycles.